The molecule has 0 radical (unpaired) electrons. The predicted octanol–water partition coefficient (Wildman–Crippen LogP) is 2.97. The summed E-state index contributed by atoms with van der Waals surface area (Å²) in [5, 5.41) is 15.1. The van der Waals surface area contributed by atoms with E-state index < -0.39 is 13.0 Å². The van der Waals surface area contributed by atoms with Crippen molar-refractivity contribution in [2.24, 2.45) is 10.6 Å². The lowest BCUT2D eigenvalue weighted by Gasteiger charge is -2.39. The van der Waals surface area contributed by atoms with Gasteiger partial charge in [-0.25, -0.2) is 5.01 Å². The van der Waals surface area contributed by atoms with Crippen molar-refractivity contribution in [1.82, 2.24) is 10.4 Å². The van der Waals surface area contributed by atoms with Gasteiger partial charge in [-0.05, 0) is 55.5 Å². The summed E-state index contributed by atoms with van der Waals surface area (Å²) in [5.74, 6) is -0.705. The molecule has 0 saturated carbocycles. The maximum Gasteiger partial charge on any atom is 0.583 e. The molecule has 2 aromatic carbocycles. The molecular weight excluding hydrogens is 405 g/mol. The Balaban J connectivity index is 1.97. The second-order valence-electron chi connectivity index (χ2n) is 9.32. The minimum Gasteiger partial charge on any atom is -0.427 e. The molecule has 0 aromatic heterocycles. The SMILES string of the molecule is CCC(N(NC(=O)c1ccc2c(c1)B(O)ON=C2)C(=O)c1cc(C)cc(C)c1)C(C)(C)C. The van der Waals surface area contributed by atoms with Crippen LogP contribution in [0.2, 0.25) is 0 Å². The summed E-state index contributed by atoms with van der Waals surface area (Å²) in [6, 6.07) is 10.3. The molecule has 1 unspecified atom stereocenters. The van der Waals surface area contributed by atoms with Gasteiger partial charge in [0.25, 0.3) is 11.8 Å². The Hall–Kier alpha value is -3.13. The number of amides is 2. The Morgan fingerprint density at radius 1 is 1.12 bits per heavy atom. The first-order chi connectivity index (χ1) is 15.0. The first-order valence-corrected chi connectivity index (χ1v) is 10.7. The lowest BCUT2D eigenvalue weighted by Crippen LogP contribution is -2.56. The minimum atomic E-state index is -1.24. The molecule has 3 rings (SSSR count). The number of nitrogens with one attached hydrogen (secondary N) is 1. The standard InChI is InChI=1S/C24H30BN3O4/c1-7-21(24(4,5)6)28(23(30)19-11-15(2)10-16(3)12-19)27-22(29)17-8-9-18-14-26-32-25(31)20(18)13-17/h8-14,21,31H,7H2,1-6H3,(H,27,29). The lowest BCUT2D eigenvalue weighted by molar-refractivity contribution is 0.0285. The number of nitrogens with zero attached hydrogens (tertiary/aromatic N) is 2. The molecule has 1 aliphatic heterocycles. The largest absolute Gasteiger partial charge is 0.583 e. The lowest BCUT2D eigenvalue weighted by atomic mass is 9.75. The number of hydrazine groups is 1. The minimum absolute atomic E-state index is 0.238. The monoisotopic (exact) mass is 435 g/mol. The number of rotatable bonds is 4. The van der Waals surface area contributed by atoms with E-state index in [0.717, 1.165) is 11.1 Å². The first-order valence-electron chi connectivity index (χ1n) is 10.7. The molecule has 32 heavy (non-hydrogen) atoms. The van der Waals surface area contributed by atoms with Crippen LogP contribution in [-0.2, 0) is 4.76 Å². The predicted molar refractivity (Wildman–Crippen MR) is 126 cm³/mol. The van der Waals surface area contributed by atoms with Gasteiger partial charge in [0.05, 0.1) is 12.3 Å². The molecule has 0 aliphatic carbocycles. The molecule has 0 fully saturated rings. The fraction of sp³-hybridized carbons (Fsp3) is 0.375. The van der Waals surface area contributed by atoms with Crippen molar-refractivity contribution >= 4 is 30.6 Å². The number of hydrogen-bond acceptors (Lipinski definition) is 5. The van der Waals surface area contributed by atoms with Gasteiger partial charge in [-0.2, -0.15) is 0 Å². The summed E-state index contributed by atoms with van der Waals surface area (Å²) in [6.45, 7) is 12.0. The fourth-order valence-corrected chi connectivity index (χ4v) is 4.11. The molecule has 2 aromatic rings. The second kappa shape index (κ2) is 9.16. The highest BCUT2D eigenvalue weighted by Crippen LogP contribution is 2.27. The highest BCUT2D eigenvalue weighted by molar-refractivity contribution is 6.62. The Morgan fingerprint density at radius 3 is 2.38 bits per heavy atom. The quantitative estimate of drug-likeness (QED) is 0.571. The molecular formula is C24H30BN3O4. The van der Waals surface area contributed by atoms with Crippen molar-refractivity contribution in [2.45, 2.75) is 54.0 Å². The van der Waals surface area contributed by atoms with Gasteiger partial charge in [0.15, 0.2) is 0 Å². The molecule has 8 heteroatoms. The number of aryl methyl sites for hydroxylation is 2. The third-order valence-corrected chi connectivity index (χ3v) is 5.57. The summed E-state index contributed by atoms with van der Waals surface area (Å²) in [7, 11) is -1.24. The molecule has 2 amide bonds. The van der Waals surface area contributed by atoms with Gasteiger partial charge in [-0.3, -0.25) is 15.0 Å². The van der Waals surface area contributed by atoms with Gasteiger partial charge in [-0.15, -0.1) is 5.16 Å². The van der Waals surface area contributed by atoms with Crippen molar-refractivity contribution < 1.29 is 19.4 Å². The van der Waals surface area contributed by atoms with Crippen LogP contribution >= 0.6 is 0 Å². The van der Waals surface area contributed by atoms with Crippen LogP contribution in [0.15, 0.2) is 41.6 Å². The number of hydrogen-bond donors (Lipinski definition) is 2. The van der Waals surface area contributed by atoms with Crippen LogP contribution in [0.25, 0.3) is 0 Å². The average molecular weight is 435 g/mol. The van der Waals surface area contributed by atoms with Gasteiger partial charge in [-0.1, -0.05) is 51.0 Å². The van der Waals surface area contributed by atoms with E-state index in [4.69, 9.17) is 4.76 Å². The van der Waals surface area contributed by atoms with Crippen LogP contribution < -0.4 is 10.9 Å². The number of fused-ring (bicyclic) bond motifs is 1. The smallest absolute Gasteiger partial charge is 0.427 e. The third kappa shape index (κ3) is 5.02. The molecule has 0 spiro atoms. The summed E-state index contributed by atoms with van der Waals surface area (Å²) in [6.07, 6.45) is 2.14. The molecule has 0 saturated heterocycles. The summed E-state index contributed by atoms with van der Waals surface area (Å²) < 4.78 is 4.87. The van der Waals surface area contributed by atoms with E-state index in [-0.39, 0.29) is 17.4 Å². The zero-order chi connectivity index (χ0) is 23.6. The zero-order valence-electron chi connectivity index (χ0n) is 19.5. The maximum atomic E-state index is 13.6. The van der Waals surface area contributed by atoms with Crippen LogP contribution in [0.3, 0.4) is 0 Å². The van der Waals surface area contributed by atoms with Crippen molar-refractivity contribution in [1.29, 1.82) is 0 Å². The number of carbonyl (C=O) groups excluding carboxylic acids is 2. The topological polar surface area (TPSA) is 91.2 Å². The Kier molecular flexibility index (Phi) is 6.74. The van der Waals surface area contributed by atoms with Gasteiger partial charge in [0.2, 0.25) is 0 Å². The Labute approximate surface area is 189 Å². The van der Waals surface area contributed by atoms with E-state index in [0.29, 0.717) is 28.6 Å². The number of oxime groups is 1. The van der Waals surface area contributed by atoms with Gasteiger partial charge < -0.3 is 9.78 Å². The van der Waals surface area contributed by atoms with E-state index >= 15 is 0 Å². The molecule has 1 aliphatic rings. The highest BCUT2D eigenvalue weighted by Gasteiger charge is 2.35. The normalized spacial score (nSPS) is 13.8. The van der Waals surface area contributed by atoms with E-state index in [1.807, 2.05) is 59.7 Å². The Morgan fingerprint density at radius 2 is 1.78 bits per heavy atom. The third-order valence-electron chi connectivity index (χ3n) is 5.57. The van der Waals surface area contributed by atoms with E-state index in [9.17, 15) is 14.6 Å². The van der Waals surface area contributed by atoms with Crippen LogP contribution in [0, 0.1) is 19.3 Å². The summed E-state index contributed by atoms with van der Waals surface area (Å²) in [4.78, 5) is 26.8. The van der Waals surface area contributed by atoms with E-state index in [1.165, 1.54) is 11.2 Å². The number of benzene rings is 2. The van der Waals surface area contributed by atoms with E-state index in [1.54, 1.807) is 18.2 Å². The number of carbonyl (C=O) groups is 2. The summed E-state index contributed by atoms with van der Waals surface area (Å²) >= 11 is 0. The molecule has 168 valence electrons. The van der Waals surface area contributed by atoms with Crippen molar-refractivity contribution in [3.05, 3.63) is 64.2 Å². The van der Waals surface area contributed by atoms with E-state index in [2.05, 4.69) is 10.6 Å². The molecule has 2 N–H and O–H groups in total. The first kappa shape index (κ1) is 23.5. The van der Waals surface area contributed by atoms with Crippen LogP contribution in [-0.4, -0.2) is 41.2 Å². The maximum absolute atomic E-state index is 13.6. The van der Waals surface area contributed by atoms with Gasteiger partial charge >= 0.3 is 7.12 Å². The van der Waals surface area contributed by atoms with Crippen LogP contribution in [0.1, 0.15) is 71.5 Å². The van der Waals surface area contributed by atoms with Gasteiger partial charge in [0, 0.05) is 16.6 Å². The van der Waals surface area contributed by atoms with Crippen molar-refractivity contribution in [2.75, 3.05) is 0 Å². The van der Waals surface area contributed by atoms with Crippen LogP contribution in [0.5, 0.6) is 0 Å². The fourth-order valence-electron chi connectivity index (χ4n) is 4.11. The second-order valence-corrected chi connectivity index (χ2v) is 9.32. The van der Waals surface area contributed by atoms with Crippen molar-refractivity contribution in [3.8, 4) is 0 Å². The molecule has 1 heterocycles. The molecule has 7 nitrogen and oxygen atoms in total. The molecule has 0 bridgehead atoms. The summed E-state index contributed by atoms with van der Waals surface area (Å²) in [5.41, 5.74) is 6.48. The zero-order valence-corrected chi connectivity index (χ0v) is 19.5. The van der Waals surface area contributed by atoms with Crippen LogP contribution in [0.4, 0.5) is 0 Å². The van der Waals surface area contributed by atoms with Gasteiger partial charge in [0.1, 0.15) is 0 Å². The van der Waals surface area contributed by atoms with Crippen molar-refractivity contribution in [3.63, 3.8) is 0 Å². The Bertz CT molecular complexity index is 1040. The molecule has 1 atom stereocenters. The highest BCUT2D eigenvalue weighted by atomic mass is 16.6. The average Bonchev–Trinajstić information content (AvgIpc) is 2.71.